The molecule has 0 fully saturated rings. The van der Waals surface area contributed by atoms with Crippen LogP contribution in [0.3, 0.4) is 0 Å². The summed E-state index contributed by atoms with van der Waals surface area (Å²) < 4.78 is 24.4. The molecule has 44 heavy (non-hydrogen) atoms. The fourth-order valence-electron chi connectivity index (χ4n) is 4.74. The Morgan fingerprint density at radius 2 is 1.50 bits per heavy atom. The van der Waals surface area contributed by atoms with Gasteiger partial charge in [0.15, 0.2) is 5.78 Å². The third-order valence-corrected chi connectivity index (χ3v) is 7.08. The van der Waals surface area contributed by atoms with Crippen molar-refractivity contribution < 1.29 is 28.2 Å². The Morgan fingerprint density at radius 3 is 2.16 bits per heavy atom. The fraction of sp³-hybridized carbons (Fsp3) is 0.250. The molecule has 0 aliphatic rings. The number of nitrogens with one attached hydrogen (secondary N) is 1. The highest BCUT2D eigenvalue weighted by Gasteiger charge is 2.23. The van der Waals surface area contributed by atoms with Gasteiger partial charge in [0, 0.05) is 41.4 Å². The average molecular weight is 597 g/mol. The maximum atomic E-state index is 13.4. The van der Waals surface area contributed by atoms with Gasteiger partial charge in [-0.25, -0.2) is 9.18 Å². The third-order valence-electron chi connectivity index (χ3n) is 7.08. The number of methoxy groups -OCH3 is 1. The lowest BCUT2D eigenvalue weighted by molar-refractivity contribution is -0.141. The minimum Gasteiger partial charge on any atom is -0.494 e. The van der Waals surface area contributed by atoms with Crippen LogP contribution in [0.1, 0.15) is 41.8 Å². The summed E-state index contributed by atoms with van der Waals surface area (Å²) in [5.74, 6) is -0.536. The SMILES string of the molecule is COC(=O)[C@H](Cc1ccc(OCCCN(C(=O)C(C)C)c2ccc(F)cc2)cc1)Nc1ccccc1C(=O)c1ccccc1. The van der Waals surface area contributed by atoms with Crippen molar-refractivity contribution in [1.29, 1.82) is 0 Å². The van der Waals surface area contributed by atoms with Gasteiger partial charge in [-0.3, -0.25) is 9.59 Å². The van der Waals surface area contributed by atoms with E-state index in [0.717, 1.165) is 5.56 Å². The monoisotopic (exact) mass is 596 g/mol. The second-order valence-corrected chi connectivity index (χ2v) is 10.6. The lowest BCUT2D eigenvalue weighted by atomic mass is 10.00. The Kier molecular flexibility index (Phi) is 11.2. The molecule has 0 aliphatic heterocycles. The molecule has 0 heterocycles. The first-order valence-electron chi connectivity index (χ1n) is 14.6. The summed E-state index contributed by atoms with van der Waals surface area (Å²) in [5.41, 5.74) is 3.08. The quantitative estimate of drug-likeness (QED) is 0.0990. The summed E-state index contributed by atoms with van der Waals surface area (Å²) in [5, 5.41) is 3.22. The Labute approximate surface area is 257 Å². The Balaban J connectivity index is 1.37. The number of amides is 1. The van der Waals surface area contributed by atoms with Crippen LogP contribution < -0.4 is 15.0 Å². The number of hydrogen-bond donors (Lipinski definition) is 1. The molecule has 0 unspecified atom stereocenters. The van der Waals surface area contributed by atoms with Crippen LogP contribution in [0.5, 0.6) is 5.75 Å². The molecular formula is C36H37FN2O5. The molecule has 8 heteroatoms. The summed E-state index contributed by atoms with van der Waals surface area (Å²) in [7, 11) is 1.33. The molecule has 0 spiro atoms. The number of para-hydroxylation sites is 1. The van der Waals surface area contributed by atoms with Crippen molar-refractivity contribution in [2.45, 2.75) is 32.7 Å². The third kappa shape index (κ3) is 8.53. The summed E-state index contributed by atoms with van der Waals surface area (Å²) in [6.07, 6.45) is 0.901. The van der Waals surface area contributed by atoms with E-state index in [1.165, 1.54) is 19.2 Å². The molecule has 7 nitrogen and oxygen atoms in total. The van der Waals surface area contributed by atoms with Gasteiger partial charge in [0.1, 0.15) is 17.6 Å². The molecule has 4 aromatic rings. The topological polar surface area (TPSA) is 84.9 Å². The average Bonchev–Trinajstić information content (AvgIpc) is 3.05. The fourth-order valence-corrected chi connectivity index (χ4v) is 4.74. The molecule has 228 valence electrons. The highest BCUT2D eigenvalue weighted by atomic mass is 19.1. The number of anilines is 2. The van der Waals surface area contributed by atoms with E-state index in [0.29, 0.717) is 54.2 Å². The molecule has 4 rings (SSSR count). The maximum absolute atomic E-state index is 13.4. The van der Waals surface area contributed by atoms with Crippen LogP contribution in [0.4, 0.5) is 15.8 Å². The number of benzene rings is 4. The Bertz CT molecular complexity index is 1540. The van der Waals surface area contributed by atoms with E-state index >= 15 is 0 Å². The van der Waals surface area contributed by atoms with Gasteiger partial charge in [-0.1, -0.05) is 68.4 Å². The highest BCUT2D eigenvalue weighted by Crippen LogP contribution is 2.23. The summed E-state index contributed by atoms with van der Waals surface area (Å²) in [6.45, 7) is 4.48. The summed E-state index contributed by atoms with van der Waals surface area (Å²) in [6, 6.07) is 28.7. The van der Waals surface area contributed by atoms with Crippen LogP contribution in [0.15, 0.2) is 103 Å². The molecule has 0 saturated heterocycles. The van der Waals surface area contributed by atoms with E-state index in [-0.39, 0.29) is 23.4 Å². The smallest absolute Gasteiger partial charge is 0.328 e. The van der Waals surface area contributed by atoms with E-state index in [1.54, 1.807) is 47.4 Å². The van der Waals surface area contributed by atoms with Crippen molar-refractivity contribution in [3.8, 4) is 5.75 Å². The first kappa shape index (κ1) is 31.9. The molecule has 0 aromatic heterocycles. The van der Waals surface area contributed by atoms with Crippen molar-refractivity contribution in [2.75, 3.05) is 30.5 Å². The minimum absolute atomic E-state index is 0.0400. The van der Waals surface area contributed by atoms with Crippen LogP contribution in [-0.2, 0) is 20.7 Å². The van der Waals surface area contributed by atoms with Crippen molar-refractivity contribution >= 4 is 29.0 Å². The molecule has 0 radical (unpaired) electrons. The number of hydrogen-bond acceptors (Lipinski definition) is 6. The van der Waals surface area contributed by atoms with Crippen LogP contribution >= 0.6 is 0 Å². The number of rotatable bonds is 14. The van der Waals surface area contributed by atoms with Crippen LogP contribution in [-0.4, -0.2) is 44.0 Å². The molecule has 4 aromatic carbocycles. The molecule has 0 bridgehead atoms. The van der Waals surface area contributed by atoms with Crippen molar-refractivity contribution in [1.82, 2.24) is 0 Å². The first-order valence-corrected chi connectivity index (χ1v) is 14.6. The molecular weight excluding hydrogens is 559 g/mol. The second kappa shape index (κ2) is 15.5. The predicted molar refractivity (Wildman–Crippen MR) is 170 cm³/mol. The normalized spacial score (nSPS) is 11.5. The molecule has 0 saturated carbocycles. The number of ketones is 1. The van der Waals surface area contributed by atoms with E-state index in [2.05, 4.69) is 5.32 Å². The van der Waals surface area contributed by atoms with Gasteiger partial charge in [-0.2, -0.15) is 0 Å². The van der Waals surface area contributed by atoms with Crippen molar-refractivity contribution in [3.05, 3.63) is 126 Å². The zero-order valence-electron chi connectivity index (χ0n) is 25.2. The number of carbonyl (C=O) groups is 3. The van der Waals surface area contributed by atoms with Gasteiger partial charge < -0.3 is 19.7 Å². The second-order valence-electron chi connectivity index (χ2n) is 10.6. The number of esters is 1. The Morgan fingerprint density at radius 1 is 0.841 bits per heavy atom. The van der Waals surface area contributed by atoms with Gasteiger partial charge in [0.05, 0.1) is 13.7 Å². The first-order chi connectivity index (χ1) is 21.3. The predicted octanol–water partition coefficient (Wildman–Crippen LogP) is 6.71. The molecule has 0 aliphatic carbocycles. The number of ether oxygens (including phenoxy) is 2. The van der Waals surface area contributed by atoms with E-state index in [9.17, 15) is 18.8 Å². The van der Waals surface area contributed by atoms with Crippen LogP contribution in [0.25, 0.3) is 0 Å². The lowest BCUT2D eigenvalue weighted by Gasteiger charge is -2.25. The van der Waals surface area contributed by atoms with Crippen LogP contribution in [0, 0.1) is 11.7 Å². The van der Waals surface area contributed by atoms with Gasteiger partial charge in [0.25, 0.3) is 0 Å². The van der Waals surface area contributed by atoms with E-state index in [4.69, 9.17) is 9.47 Å². The molecule has 1 amide bonds. The minimum atomic E-state index is -0.729. The van der Waals surface area contributed by atoms with Gasteiger partial charge >= 0.3 is 5.97 Å². The lowest BCUT2D eigenvalue weighted by Crippen LogP contribution is -2.35. The standard InChI is InChI=1S/C36H37FN2O5/c1-25(2)35(41)39(29-18-16-28(37)17-19-29)22-9-23-44-30-20-14-26(15-21-30)24-33(36(42)43-3)38-32-13-8-7-12-31(32)34(40)27-10-5-4-6-11-27/h4-8,10-21,25,33,38H,9,22-24H2,1-3H3/t33-/m0/s1. The van der Waals surface area contributed by atoms with Gasteiger partial charge in [0.2, 0.25) is 5.91 Å². The van der Waals surface area contributed by atoms with E-state index < -0.39 is 12.0 Å². The zero-order valence-corrected chi connectivity index (χ0v) is 25.2. The summed E-state index contributed by atoms with van der Waals surface area (Å²) in [4.78, 5) is 40.3. The van der Waals surface area contributed by atoms with Crippen LogP contribution in [0.2, 0.25) is 0 Å². The maximum Gasteiger partial charge on any atom is 0.328 e. The zero-order chi connectivity index (χ0) is 31.5. The van der Waals surface area contributed by atoms with Crippen molar-refractivity contribution in [3.63, 3.8) is 0 Å². The largest absolute Gasteiger partial charge is 0.494 e. The van der Waals surface area contributed by atoms with Crippen molar-refractivity contribution in [2.24, 2.45) is 5.92 Å². The highest BCUT2D eigenvalue weighted by molar-refractivity contribution is 6.12. The van der Waals surface area contributed by atoms with Gasteiger partial charge in [-0.05, 0) is 60.5 Å². The molecule has 1 atom stereocenters. The van der Waals surface area contributed by atoms with Gasteiger partial charge in [-0.15, -0.1) is 0 Å². The number of carbonyl (C=O) groups excluding carboxylic acids is 3. The Hall–Kier alpha value is -4.98. The van der Waals surface area contributed by atoms with E-state index in [1.807, 2.05) is 62.4 Å². The summed E-state index contributed by atoms with van der Waals surface area (Å²) >= 11 is 0. The molecule has 1 N–H and O–H groups in total. The number of nitrogens with zero attached hydrogens (tertiary/aromatic N) is 1. The number of halogens is 1.